The number of hydrogen-bond donors (Lipinski definition) is 1. The van der Waals surface area contributed by atoms with Crippen molar-refractivity contribution < 1.29 is 4.79 Å². The number of nitrogens with one attached hydrogen (secondary N) is 1. The monoisotopic (exact) mass is 312 g/mol. The lowest BCUT2D eigenvalue weighted by Gasteiger charge is -2.33. The second-order valence-electron chi connectivity index (χ2n) is 7.79. The molecule has 0 aromatic rings. The lowest BCUT2D eigenvalue weighted by Crippen LogP contribution is -2.44. The maximum Gasteiger partial charge on any atom is 0.223 e. The van der Waals surface area contributed by atoms with Crippen molar-refractivity contribution >= 4 is 18.3 Å². The van der Waals surface area contributed by atoms with E-state index in [0.717, 1.165) is 12.3 Å². The first-order valence-electron chi connectivity index (χ1n) is 8.78. The molecule has 1 amide bonds. The summed E-state index contributed by atoms with van der Waals surface area (Å²) in [5.74, 6) is 1.93. The van der Waals surface area contributed by atoms with Crippen molar-refractivity contribution in [3.8, 4) is 0 Å². The maximum atomic E-state index is 12.8. The van der Waals surface area contributed by atoms with E-state index in [-0.39, 0.29) is 12.4 Å². The molecule has 2 saturated carbocycles. The molecule has 0 spiro atoms. The average molecular weight is 313 g/mol. The van der Waals surface area contributed by atoms with Gasteiger partial charge in [-0.3, -0.25) is 4.79 Å². The molecule has 21 heavy (non-hydrogen) atoms. The van der Waals surface area contributed by atoms with Crippen LogP contribution >= 0.6 is 12.4 Å². The molecule has 3 unspecified atom stereocenters. The van der Waals surface area contributed by atoms with Crippen molar-refractivity contribution in [1.82, 2.24) is 10.2 Å². The summed E-state index contributed by atoms with van der Waals surface area (Å²) >= 11 is 0. The first-order valence-corrected chi connectivity index (χ1v) is 8.78. The topological polar surface area (TPSA) is 32.3 Å². The highest BCUT2D eigenvalue weighted by atomic mass is 35.5. The van der Waals surface area contributed by atoms with Gasteiger partial charge in [0.2, 0.25) is 5.91 Å². The predicted octanol–water partition coefficient (Wildman–Crippen LogP) is 3.12. The molecule has 0 radical (unpaired) electrons. The van der Waals surface area contributed by atoms with Crippen LogP contribution in [0.5, 0.6) is 0 Å². The first kappa shape index (κ1) is 15.6. The highest BCUT2D eigenvalue weighted by Gasteiger charge is 2.42. The summed E-state index contributed by atoms with van der Waals surface area (Å²) in [5, 5.41) is 3.68. The molecule has 2 heterocycles. The Morgan fingerprint density at radius 3 is 2.24 bits per heavy atom. The van der Waals surface area contributed by atoms with Crippen LogP contribution in [0.15, 0.2) is 0 Å². The average Bonchev–Trinajstić information content (AvgIpc) is 3.29. The minimum absolute atomic E-state index is 0. The Morgan fingerprint density at radius 1 is 1.10 bits per heavy atom. The molecule has 1 N–H and O–H groups in total. The fraction of sp³-hybridized carbons (Fsp3) is 0.941. The molecule has 4 rings (SSSR count). The lowest BCUT2D eigenvalue weighted by atomic mass is 9.89. The molecule has 4 fully saturated rings. The number of hydrogen-bond acceptors (Lipinski definition) is 2. The highest BCUT2D eigenvalue weighted by molar-refractivity contribution is 5.85. The van der Waals surface area contributed by atoms with Crippen molar-refractivity contribution in [1.29, 1.82) is 0 Å². The van der Waals surface area contributed by atoms with Crippen molar-refractivity contribution in [3.63, 3.8) is 0 Å². The van der Waals surface area contributed by atoms with Gasteiger partial charge < -0.3 is 10.2 Å². The molecule has 3 atom stereocenters. The van der Waals surface area contributed by atoms with Crippen molar-refractivity contribution in [3.05, 3.63) is 0 Å². The molecule has 4 aliphatic rings. The molecule has 0 aromatic carbocycles. The van der Waals surface area contributed by atoms with Crippen LogP contribution < -0.4 is 5.32 Å². The lowest BCUT2D eigenvalue weighted by molar-refractivity contribution is -0.135. The molecule has 2 bridgehead atoms. The summed E-state index contributed by atoms with van der Waals surface area (Å²) in [4.78, 5) is 15.1. The van der Waals surface area contributed by atoms with Gasteiger partial charge in [-0.25, -0.2) is 0 Å². The van der Waals surface area contributed by atoms with E-state index in [2.05, 4.69) is 17.1 Å². The molecule has 2 aliphatic heterocycles. The number of carbonyl (C=O) groups excluding carboxylic acids is 1. The number of halogens is 1. The van der Waals surface area contributed by atoms with Gasteiger partial charge in [-0.15, -0.1) is 12.4 Å². The van der Waals surface area contributed by atoms with Gasteiger partial charge >= 0.3 is 0 Å². The van der Waals surface area contributed by atoms with Crippen LogP contribution in [0.1, 0.15) is 64.7 Å². The van der Waals surface area contributed by atoms with E-state index in [4.69, 9.17) is 0 Å². The number of piperidine rings is 1. The molecule has 120 valence electrons. The molecular formula is C17H29ClN2O. The SMILES string of the molecule is CC(C1CC1)N(C(=O)CC1CC2CCC(C1)N2)C1CC1.Cl. The molecule has 3 nitrogen and oxygen atoms in total. The normalized spacial score (nSPS) is 36.0. The zero-order valence-corrected chi connectivity index (χ0v) is 13.9. The minimum Gasteiger partial charge on any atom is -0.337 e. The second-order valence-corrected chi connectivity index (χ2v) is 7.79. The molecule has 2 saturated heterocycles. The summed E-state index contributed by atoms with van der Waals surface area (Å²) in [6.45, 7) is 2.29. The van der Waals surface area contributed by atoms with Gasteiger partial charge in [-0.05, 0) is 70.1 Å². The van der Waals surface area contributed by atoms with E-state index in [1.54, 1.807) is 0 Å². The van der Waals surface area contributed by atoms with Crippen molar-refractivity contribution in [2.45, 2.75) is 88.9 Å². The van der Waals surface area contributed by atoms with Gasteiger partial charge in [0.25, 0.3) is 0 Å². The Morgan fingerprint density at radius 2 is 1.71 bits per heavy atom. The summed E-state index contributed by atoms with van der Waals surface area (Å²) in [6, 6.07) is 2.52. The van der Waals surface area contributed by atoms with E-state index in [1.807, 2.05) is 0 Å². The maximum absolute atomic E-state index is 12.8. The van der Waals surface area contributed by atoms with Gasteiger partial charge in [0.15, 0.2) is 0 Å². The van der Waals surface area contributed by atoms with Crippen LogP contribution in [0.3, 0.4) is 0 Å². The first-order chi connectivity index (χ1) is 9.70. The van der Waals surface area contributed by atoms with E-state index >= 15 is 0 Å². The molecule has 0 aromatic heterocycles. The van der Waals surface area contributed by atoms with Crippen LogP contribution in [0.2, 0.25) is 0 Å². The van der Waals surface area contributed by atoms with Crippen molar-refractivity contribution in [2.75, 3.05) is 0 Å². The summed E-state index contributed by atoms with van der Waals surface area (Å²) in [6.07, 6.45) is 11.1. The molecule has 2 aliphatic carbocycles. The number of fused-ring (bicyclic) bond motifs is 2. The van der Waals surface area contributed by atoms with Gasteiger partial charge in [-0.2, -0.15) is 0 Å². The standard InChI is InChI=1S/C17H28N2O.ClH/c1-11(13-2-3-13)19(16-6-7-16)17(20)10-12-8-14-4-5-15(9-12)18-14;/h11-16,18H,2-10H2,1H3;1H. The number of rotatable bonds is 5. The van der Waals surface area contributed by atoms with Crippen molar-refractivity contribution in [2.24, 2.45) is 11.8 Å². The third-order valence-corrected chi connectivity index (χ3v) is 6.01. The van der Waals surface area contributed by atoms with Crippen LogP contribution in [0, 0.1) is 11.8 Å². The van der Waals surface area contributed by atoms with Gasteiger partial charge in [0.05, 0.1) is 0 Å². The fourth-order valence-electron chi connectivity index (χ4n) is 4.62. The molecule has 4 heteroatoms. The number of amides is 1. The van der Waals surface area contributed by atoms with Gasteiger partial charge in [0.1, 0.15) is 0 Å². The Hall–Kier alpha value is -0.280. The van der Waals surface area contributed by atoms with Crippen LogP contribution in [0.4, 0.5) is 0 Å². The van der Waals surface area contributed by atoms with Crippen LogP contribution in [0.25, 0.3) is 0 Å². The Balaban J connectivity index is 0.00000132. The van der Waals surface area contributed by atoms with Crippen LogP contribution in [-0.4, -0.2) is 35.0 Å². The zero-order chi connectivity index (χ0) is 13.7. The summed E-state index contributed by atoms with van der Waals surface area (Å²) < 4.78 is 0. The zero-order valence-electron chi connectivity index (χ0n) is 13.1. The highest BCUT2D eigenvalue weighted by Crippen LogP contribution is 2.41. The summed E-state index contributed by atoms with van der Waals surface area (Å²) in [5.41, 5.74) is 0. The van der Waals surface area contributed by atoms with Gasteiger partial charge in [-0.1, -0.05) is 0 Å². The summed E-state index contributed by atoms with van der Waals surface area (Å²) in [7, 11) is 0. The van der Waals surface area contributed by atoms with E-state index in [1.165, 1.54) is 51.4 Å². The minimum atomic E-state index is 0. The van der Waals surface area contributed by atoms with E-state index < -0.39 is 0 Å². The predicted molar refractivity (Wildman–Crippen MR) is 86.6 cm³/mol. The number of carbonyl (C=O) groups is 1. The number of nitrogens with zero attached hydrogens (tertiary/aromatic N) is 1. The largest absolute Gasteiger partial charge is 0.337 e. The Labute approximate surface area is 134 Å². The Bertz CT molecular complexity index is 382. The third-order valence-electron chi connectivity index (χ3n) is 6.01. The van der Waals surface area contributed by atoms with Gasteiger partial charge in [0, 0.05) is 30.6 Å². The second kappa shape index (κ2) is 6.08. The van der Waals surface area contributed by atoms with E-state index in [9.17, 15) is 4.79 Å². The van der Waals surface area contributed by atoms with E-state index in [0.29, 0.717) is 36.0 Å². The third kappa shape index (κ3) is 3.39. The van der Waals surface area contributed by atoms with Crippen LogP contribution in [-0.2, 0) is 4.79 Å². The molecular weight excluding hydrogens is 284 g/mol. The quantitative estimate of drug-likeness (QED) is 0.846. The fourth-order valence-corrected chi connectivity index (χ4v) is 4.62. The Kier molecular flexibility index (Phi) is 4.52. The smallest absolute Gasteiger partial charge is 0.223 e.